The van der Waals surface area contributed by atoms with Crippen LogP contribution in [0.4, 0.5) is 0 Å². The maximum atomic E-state index is 12.5. The summed E-state index contributed by atoms with van der Waals surface area (Å²) >= 11 is 0. The van der Waals surface area contributed by atoms with Crippen LogP contribution in [0.25, 0.3) is 0 Å². The van der Waals surface area contributed by atoms with Crippen molar-refractivity contribution >= 4 is 11.7 Å². The second-order valence-electron chi connectivity index (χ2n) is 6.51. The van der Waals surface area contributed by atoms with Crippen LogP contribution in [0.15, 0.2) is 18.3 Å². The molecule has 1 amide bonds. The highest BCUT2D eigenvalue weighted by atomic mass is 16.2. The van der Waals surface area contributed by atoms with Crippen LogP contribution in [0.3, 0.4) is 0 Å². The largest absolute Gasteiger partial charge is 0.339 e. The number of aromatic nitrogens is 1. The Kier molecular flexibility index (Phi) is 5.61. The summed E-state index contributed by atoms with van der Waals surface area (Å²) in [6.45, 7) is 6.87. The highest BCUT2D eigenvalue weighted by molar-refractivity contribution is 6.08. The molecule has 1 rings (SSSR count). The average molecular weight is 291 g/mol. The Morgan fingerprint density at radius 2 is 1.76 bits per heavy atom. The number of pyridine rings is 1. The summed E-state index contributed by atoms with van der Waals surface area (Å²) in [6, 6.07) is 3.36. The number of hydrogen-bond acceptors (Lipinski definition) is 4. The number of carbonyl (C=O) groups is 2. The van der Waals surface area contributed by atoms with E-state index in [4.69, 9.17) is 0 Å². The Bertz CT molecular complexity index is 518. The van der Waals surface area contributed by atoms with Crippen LogP contribution in [0.1, 0.15) is 41.6 Å². The molecule has 1 aromatic rings. The van der Waals surface area contributed by atoms with Crippen molar-refractivity contribution in [3.63, 3.8) is 0 Å². The quantitative estimate of drug-likeness (QED) is 0.778. The van der Waals surface area contributed by atoms with E-state index in [2.05, 4.69) is 4.98 Å². The van der Waals surface area contributed by atoms with Gasteiger partial charge in [-0.25, -0.2) is 0 Å². The van der Waals surface area contributed by atoms with Gasteiger partial charge in [0.2, 0.25) is 0 Å². The van der Waals surface area contributed by atoms with Gasteiger partial charge in [-0.05, 0) is 26.2 Å². The molecule has 0 aliphatic carbocycles. The first-order chi connectivity index (χ1) is 9.64. The number of likely N-dealkylation sites (N-methyl/N-ethyl adjacent to an activating group) is 2. The molecular weight excluding hydrogens is 266 g/mol. The Morgan fingerprint density at radius 1 is 1.14 bits per heavy atom. The molecule has 0 aliphatic rings. The monoisotopic (exact) mass is 291 g/mol. The second-order valence-corrected chi connectivity index (χ2v) is 6.51. The molecule has 116 valence electrons. The van der Waals surface area contributed by atoms with Crippen LogP contribution in [0.2, 0.25) is 0 Å². The summed E-state index contributed by atoms with van der Waals surface area (Å²) < 4.78 is 0. The van der Waals surface area contributed by atoms with E-state index in [0.29, 0.717) is 12.1 Å². The minimum absolute atomic E-state index is 0.0695. The molecule has 0 N–H and O–H groups in total. The zero-order valence-electron chi connectivity index (χ0n) is 13.8. The maximum absolute atomic E-state index is 12.5. The number of hydrogen-bond donors (Lipinski definition) is 0. The fraction of sp³-hybridized carbons (Fsp3) is 0.562. The van der Waals surface area contributed by atoms with E-state index in [1.165, 1.54) is 0 Å². The maximum Gasteiger partial charge on any atom is 0.272 e. The molecule has 0 bridgehead atoms. The minimum Gasteiger partial charge on any atom is -0.339 e. The van der Waals surface area contributed by atoms with Gasteiger partial charge in [-0.3, -0.25) is 14.6 Å². The summed E-state index contributed by atoms with van der Waals surface area (Å²) in [5.41, 5.74) is 0.0886. The Balaban J connectivity index is 3.03. The van der Waals surface area contributed by atoms with Crippen LogP contribution < -0.4 is 0 Å². The van der Waals surface area contributed by atoms with Crippen molar-refractivity contribution in [2.45, 2.75) is 20.8 Å². The van der Waals surface area contributed by atoms with Crippen molar-refractivity contribution in [3.05, 3.63) is 29.6 Å². The smallest absolute Gasteiger partial charge is 0.272 e. The summed E-state index contributed by atoms with van der Waals surface area (Å²) in [7, 11) is 5.63. The average Bonchev–Trinajstić information content (AvgIpc) is 2.42. The van der Waals surface area contributed by atoms with Crippen LogP contribution >= 0.6 is 0 Å². The minimum atomic E-state index is -0.541. The van der Waals surface area contributed by atoms with Crippen molar-refractivity contribution in [2.24, 2.45) is 5.41 Å². The number of rotatable bonds is 5. The fourth-order valence-corrected chi connectivity index (χ4v) is 1.80. The molecule has 5 heteroatoms. The third-order valence-electron chi connectivity index (χ3n) is 3.17. The van der Waals surface area contributed by atoms with E-state index in [0.717, 1.165) is 6.54 Å². The molecule has 0 aliphatic heterocycles. The predicted octanol–water partition coefficient (Wildman–Crippen LogP) is 1.94. The van der Waals surface area contributed by atoms with E-state index < -0.39 is 5.41 Å². The van der Waals surface area contributed by atoms with Crippen molar-refractivity contribution < 1.29 is 9.59 Å². The van der Waals surface area contributed by atoms with Crippen molar-refractivity contribution in [1.82, 2.24) is 14.8 Å². The van der Waals surface area contributed by atoms with Crippen LogP contribution in [-0.2, 0) is 0 Å². The van der Waals surface area contributed by atoms with E-state index in [1.54, 1.807) is 30.3 Å². The molecule has 1 heterocycles. The van der Waals surface area contributed by atoms with Gasteiger partial charge in [-0.1, -0.05) is 20.8 Å². The van der Waals surface area contributed by atoms with Gasteiger partial charge in [0.25, 0.3) is 5.91 Å². The Hall–Kier alpha value is -1.75. The number of Topliss-reactive ketones (excluding diaryl/α,β-unsaturated/α-hetero) is 1. The van der Waals surface area contributed by atoms with Gasteiger partial charge in [-0.2, -0.15) is 0 Å². The van der Waals surface area contributed by atoms with Gasteiger partial charge in [0, 0.05) is 37.3 Å². The summed E-state index contributed by atoms with van der Waals surface area (Å²) in [4.78, 5) is 32.7. The molecular formula is C16H25N3O2. The first-order valence-corrected chi connectivity index (χ1v) is 7.04. The lowest BCUT2D eigenvalue weighted by molar-refractivity contribution is 0.0765. The lowest BCUT2D eigenvalue weighted by Gasteiger charge is -2.22. The number of ketones is 1. The van der Waals surface area contributed by atoms with E-state index in [9.17, 15) is 9.59 Å². The summed E-state index contributed by atoms with van der Waals surface area (Å²) in [6.07, 6.45) is 1.55. The summed E-state index contributed by atoms with van der Waals surface area (Å²) in [5.74, 6) is -0.287. The van der Waals surface area contributed by atoms with Gasteiger partial charge < -0.3 is 9.80 Å². The second kappa shape index (κ2) is 6.80. The molecule has 0 fully saturated rings. The molecule has 0 aromatic carbocycles. The molecule has 21 heavy (non-hydrogen) atoms. The third-order valence-corrected chi connectivity index (χ3v) is 3.17. The van der Waals surface area contributed by atoms with Crippen LogP contribution in [-0.4, -0.2) is 60.7 Å². The topological polar surface area (TPSA) is 53.5 Å². The zero-order chi connectivity index (χ0) is 16.2. The first kappa shape index (κ1) is 17.3. The zero-order valence-corrected chi connectivity index (χ0v) is 13.8. The van der Waals surface area contributed by atoms with Crippen LogP contribution in [0.5, 0.6) is 0 Å². The SMILES string of the molecule is CN(C)CCN(C)C(=O)c1ncccc1C(=O)C(C)(C)C. The van der Waals surface area contributed by atoms with E-state index in [1.807, 2.05) is 39.8 Å². The normalized spacial score (nSPS) is 11.6. The predicted molar refractivity (Wildman–Crippen MR) is 83.5 cm³/mol. The van der Waals surface area contributed by atoms with Gasteiger partial charge in [0.1, 0.15) is 5.69 Å². The van der Waals surface area contributed by atoms with Crippen molar-refractivity contribution in [3.8, 4) is 0 Å². The number of carbonyl (C=O) groups excluding carboxylic acids is 2. The van der Waals surface area contributed by atoms with Gasteiger partial charge >= 0.3 is 0 Å². The third kappa shape index (κ3) is 4.63. The molecule has 0 saturated carbocycles. The molecule has 0 saturated heterocycles. The number of amides is 1. The molecule has 0 spiro atoms. The molecule has 5 nitrogen and oxygen atoms in total. The first-order valence-electron chi connectivity index (χ1n) is 7.04. The number of nitrogens with zero attached hydrogens (tertiary/aromatic N) is 3. The molecule has 1 aromatic heterocycles. The van der Waals surface area contributed by atoms with Gasteiger partial charge in [0.15, 0.2) is 5.78 Å². The van der Waals surface area contributed by atoms with Gasteiger partial charge in [0.05, 0.1) is 0 Å². The van der Waals surface area contributed by atoms with E-state index >= 15 is 0 Å². The molecule has 0 unspecified atom stereocenters. The van der Waals surface area contributed by atoms with Crippen LogP contribution in [0, 0.1) is 5.41 Å². The van der Waals surface area contributed by atoms with Crippen molar-refractivity contribution in [2.75, 3.05) is 34.2 Å². The van der Waals surface area contributed by atoms with Crippen molar-refractivity contribution in [1.29, 1.82) is 0 Å². The molecule has 0 radical (unpaired) electrons. The molecule has 0 atom stereocenters. The lowest BCUT2D eigenvalue weighted by atomic mass is 9.86. The highest BCUT2D eigenvalue weighted by Gasteiger charge is 2.28. The summed E-state index contributed by atoms with van der Waals surface area (Å²) in [5, 5.41) is 0. The Labute approximate surface area is 127 Å². The Morgan fingerprint density at radius 3 is 2.29 bits per heavy atom. The van der Waals surface area contributed by atoms with Gasteiger partial charge in [-0.15, -0.1) is 0 Å². The lowest BCUT2D eigenvalue weighted by Crippen LogP contribution is -2.35. The van der Waals surface area contributed by atoms with E-state index in [-0.39, 0.29) is 17.4 Å². The standard InChI is InChI=1S/C16H25N3O2/c1-16(2,3)14(20)12-8-7-9-17-13(12)15(21)19(6)11-10-18(4)5/h7-9H,10-11H2,1-6H3. The highest BCUT2D eigenvalue weighted by Crippen LogP contribution is 2.22. The fourth-order valence-electron chi connectivity index (χ4n) is 1.80.